The second-order valence-corrected chi connectivity index (χ2v) is 7.70. The van der Waals surface area contributed by atoms with Crippen LogP contribution < -0.4 is 5.73 Å². The maximum atomic E-state index is 6.51. The normalized spacial score (nSPS) is 47.1. The molecular formula is C16H29N. The highest BCUT2D eigenvalue weighted by Gasteiger charge is 2.48. The lowest BCUT2D eigenvalue weighted by Crippen LogP contribution is -2.49. The fourth-order valence-corrected chi connectivity index (χ4v) is 5.58. The molecule has 1 nitrogen and oxygen atoms in total. The summed E-state index contributed by atoms with van der Waals surface area (Å²) in [7, 11) is 0. The summed E-state index contributed by atoms with van der Waals surface area (Å²) in [5, 5.41) is 0. The van der Waals surface area contributed by atoms with E-state index in [4.69, 9.17) is 5.73 Å². The summed E-state index contributed by atoms with van der Waals surface area (Å²) in [6.07, 6.45) is 11.5. The number of nitrogens with two attached hydrogens (primary N) is 1. The van der Waals surface area contributed by atoms with Crippen LogP contribution in [0.3, 0.4) is 0 Å². The van der Waals surface area contributed by atoms with E-state index in [0.29, 0.717) is 0 Å². The van der Waals surface area contributed by atoms with Gasteiger partial charge in [0.25, 0.3) is 0 Å². The van der Waals surface area contributed by atoms with E-state index >= 15 is 0 Å². The van der Waals surface area contributed by atoms with Crippen LogP contribution in [0, 0.1) is 29.6 Å². The van der Waals surface area contributed by atoms with Crippen molar-refractivity contribution in [2.45, 2.75) is 70.8 Å². The lowest BCUT2D eigenvalue weighted by molar-refractivity contribution is -0.0474. The molecule has 4 fully saturated rings. The van der Waals surface area contributed by atoms with Gasteiger partial charge in [0.15, 0.2) is 0 Å². The van der Waals surface area contributed by atoms with Crippen LogP contribution in [0.15, 0.2) is 0 Å². The standard InChI is InChI=1S/C16H29N/c1-3-4-16(2,17)10-15-13-6-11-5-12(8-13)9-14(15)7-11/h11-15H,3-10,17H2,1-2H3. The van der Waals surface area contributed by atoms with Crippen molar-refractivity contribution in [3.8, 4) is 0 Å². The Labute approximate surface area is 107 Å². The van der Waals surface area contributed by atoms with Gasteiger partial charge in [-0.3, -0.25) is 0 Å². The van der Waals surface area contributed by atoms with Crippen molar-refractivity contribution in [2.75, 3.05) is 0 Å². The molecule has 0 heterocycles. The number of hydrogen-bond acceptors (Lipinski definition) is 1. The fraction of sp³-hybridized carbons (Fsp3) is 1.00. The summed E-state index contributed by atoms with van der Waals surface area (Å²) in [4.78, 5) is 0. The molecule has 0 aromatic carbocycles. The predicted octanol–water partition coefficient (Wildman–Crippen LogP) is 3.97. The van der Waals surface area contributed by atoms with Crippen LogP contribution in [0.1, 0.15) is 65.2 Å². The molecule has 0 aliphatic heterocycles. The molecule has 98 valence electrons. The summed E-state index contributed by atoms with van der Waals surface area (Å²) in [5.74, 6) is 5.27. The Balaban J connectivity index is 1.68. The summed E-state index contributed by atoms with van der Waals surface area (Å²) in [6.45, 7) is 4.56. The highest BCUT2D eigenvalue weighted by Crippen LogP contribution is 2.58. The summed E-state index contributed by atoms with van der Waals surface area (Å²) >= 11 is 0. The summed E-state index contributed by atoms with van der Waals surface area (Å²) in [6, 6.07) is 0. The van der Waals surface area contributed by atoms with E-state index in [-0.39, 0.29) is 5.54 Å². The van der Waals surface area contributed by atoms with Crippen molar-refractivity contribution in [3.63, 3.8) is 0 Å². The van der Waals surface area contributed by atoms with Crippen LogP contribution in [0.4, 0.5) is 0 Å². The molecule has 17 heavy (non-hydrogen) atoms. The Morgan fingerprint density at radius 3 is 2.00 bits per heavy atom. The molecule has 0 aromatic heterocycles. The van der Waals surface area contributed by atoms with Gasteiger partial charge in [-0.25, -0.2) is 0 Å². The van der Waals surface area contributed by atoms with Crippen molar-refractivity contribution in [3.05, 3.63) is 0 Å². The van der Waals surface area contributed by atoms with Crippen molar-refractivity contribution in [1.29, 1.82) is 0 Å². The molecule has 1 unspecified atom stereocenters. The van der Waals surface area contributed by atoms with Crippen LogP contribution >= 0.6 is 0 Å². The topological polar surface area (TPSA) is 26.0 Å². The monoisotopic (exact) mass is 235 g/mol. The summed E-state index contributed by atoms with van der Waals surface area (Å²) in [5.41, 5.74) is 6.61. The highest BCUT2D eigenvalue weighted by molar-refractivity contribution is 5.00. The molecule has 0 amide bonds. The van der Waals surface area contributed by atoms with E-state index in [1.807, 2.05) is 0 Å². The van der Waals surface area contributed by atoms with Gasteiger partial charge in [-0.2, -0.15) is 0 Å². The van der Waals surface area contributed by atoms with E-state index in [1.54, 1.807) is 32.1 Å². The van der Waals surface area contributed by atoms with Crippen LogP contribution in [-0.4, -0.2) is 5.54 Å². The van der Waals surface area contributed by atoms with Gasteiger partial charge < -0.3 is 5.73 Å². The first-order valence-corrected chi connectivity index (χ1v) is 7.86. The van der Waals surface area contributed by atoms with E-state index in [9.17, 15) is 0 Å². The minimum atomic E-state index is 0.106. The third-order valence-electron chi connectivity index (χ3n) is 5.95. The molecule has 4 aliphatic rings. The van der Waals surface area contributed by atoms with Gasteiger partial charge in [-0.1, -0.05) is 13.3 Å². The molecule has 1 atom stereocenters. The van der Waals surface area contributed by atoms with Crippen molar-refractivity contribution < 1.29 is 0 Å². The van der Waals surface area contributed by atoms with Crippen LogP contribution in [0.2, 0.25) is 0 Å². The zero-order valence-electron chi connectivity index (χ0n) is 11.6. The van der Waals surface area contributed by atoms with Crippen LogP contribution in [-0.2, 0) is 0 Å². The zero-order chi connectivity index (χ0) is 12.0. The minimum Gasteiger partial charge on any atom is -0.325 e. The van der Waals surface area contributed by atoms with Gasteiger partial charge in [-0.15, -0.1) is 0 Å². The van der Waals surface area contributed by atoms with Gasteiger partial charge in [0.1, 0.15) is 0 Å². The molecular weight excluding hydrogens is 206 g/mol. The first-order valence-electron chi connectivity index (χ1n) is 7.86. The highest BCUT2D eigenvalue weighted by atomic mass is 14.7. The number of rotatable bonds is 4. The average molecular weight is 235 g/mol. The first-order chi connectivity index (χ1) is 8.07. The Morgan fingerprint density at radius 1 is 1.00 bits per heavy atom. The lowest BCUT2D eigenvalue weighted by atomic mass is 9.50. The van der Waals surface area contributed by atoms with Crippen molar-refractivity contribution >= 4 is 0 Å². The molecule has 4 rings (SSSR count). The molecule has 0 saturated heterocycles. The van der Waals surface area contributed by atoms with Gasteiger partial charge in [0, 0.05) is 5.54 Å². The third kappa shape index (κ3) is 2.28. The molecule has 4 bridgehead atoms. The molecule has 0 spiro atoms. The fourth-order valence-electron chi connectivity index (χ4n) is 5.58. The lowest BCUT2D eigenvalue weighted by Gasteiger charge is -2.55. The Morgan fingerprint density at radius 2 is 1.53 bits per heavy atom. The van der Waals surface area contributed by atoms with E-state index in [0.717, 1.165) is 29.6 Å². The van der Waals surface area contributed by atoms with E-state index in [2.05, 4.69) is 13.8 Å². The second kappa shape index (κ2) is 4.26. The molecule has 0 radical (unpaired) electrons. The van der Waals surface area contributed by atoms with Gasteiger partial charge in [-0.05, 0) is 81.5 Å². The molecule has 4 saturated carbocycles. The molecule has 1 heteroatoms. The Bertz CT molecular complexity index is 253. The molecule has 4 aliphatic carbocycles. The van der Waals surface area contributed by atoms with Crippen LogP contribution in [0.5, 0.6) is 0 Å². The molecule has 0 aromatic rings. The average Bonchev–Trinajstić information content (AvgIpc) is 2.22. The zero-order valence-corrected chi connectivity index (χ0v) is 11.6. The largest absolute Gasteiger partial charge is 0.325 e. The van der Waals surface area contributed by atoms with E-state index in [1.165, 1.54) is 19.3 Å². The maximum Gasteiger partial charge on any atom is 0.0128 e. The maximum absolute atomic E-state index is 6.51. The van der Waals surface area contributed by atoms with Crippen molar-refractivity contribution in [1.82, 2.24) is 0 Å². The van der Waals surface area contributed by atoms with Crippen LogP contribution in [0.25, 0.3) is 0 Å². The van der Waals surface area contributed by atoms with Gasteiger partial charge >= 0.3 is 0 Å². The van der Waals surface area contributed by atoms with Gasteiger partial charge in [0.2, 0.25) is 0 Å². The summed E-state index contributed by atoms with van der Waals surface area (Å²) < 4.78 is 0. The van der Waals surface area contributed by atoms with Crippen molar-refractivity contribution in [2.24, 2.45) is 35.3 Å². The minimum absolute atomic E-state index is 0.106. The quantitative estimate of drug-likeness (QED) is 0.784. The number of hydrogen-bond donors (Lipinski definition) is 1. The van der Waals surface area contributed by atoms with Gasteiger partial charge in [0.05, 0.1) is 0 Å². The second-order valence-electron chi connectivity index (χ2n) is 7.70. The smallest absolute Gasteiger partial charge is 0.0128 e. The van der Waals surface area contributed by atoms with E-state index < -0.39 is 0 Å². The molecule has 2 N–H and O–H groups in total. The Hall–Kier alpha value is -0.0400. The first kappa shape index (κ1) is 12.0. The SMILES string of the molecule is CCCC(C)(N)CC1C2CC3CC(C2)CC1C3. The Kier molecular flexibility index (Phi) is 3.01. The predicted molar refractivity (Wildman–Crippen MR) is 72.7 cm³/mol. The third-order valence-corrected chi connectivity index (χ3v) is 5.95.